The van der Waals surface area contributed by atoms with Crippen LogP contribution < -0.4 is 0 Å². The summed E-state index contributed by atoms with van der Waals surface area (Å²) in [5, 5.41) is 0. The molecule has 6 nitrogen and oxygen atoms in total. The van der Waals surface area contributed by atoms with Crippen LogP contribution in [0.3, 0.4) is 0 Å². The summed E-state index contributed by atoms with van der Waals surface area (Å²) in [7, 11) is 0. The molecule has 63 heavy (non-hydrogen) atoms. The van der Waals surface area contributed by atoms with E-state index in [4.69, 9.17) is 14.2 Å². The number of unbranched alkanes of at least 4 members (excludes halogenated alkanes) is 27. The van der Waals surface area contributed by atoms with Crippen LogP contribution in [0.2, 0.25) is 0 Å². The molecule has 1 unspecified atom stereocenters. The molecule has 0 amide bonds. The molecule has 6 heteroatoms. The minimum absolute atomic E-state index is 0.0902. The van der Waals surface area contributed by atoms with Crippen LogP contribution in [0.15, 0.2) is 60.8 Å². The van der Waals surface area contributed by atoms with E-state index < -0.39 is 6.10 Å². The second-order valence-electron chi connectivity index (χ2n) is 17.8. The highest BCUT2D eigenvalue weighted by Gasteiger charge is 2.19. The van der Waals surface area contributed by atoms with Crippen LogP contribution in [0.25, 0.3) is 0 Å². The van der Waals surface area contributed by atoms with Crippen LogP contribution >= 0.6 is 0 Å². The Morgan fingerprint density at radius 2 is 0.619 bits per heavy atom. The van der Waals surface area contributed by atoms with E-state index in [9.17, 15) is 14.4 Å². The van der Waals surface area contributed by atoms with Crippen LogP contribution in [-0.4, -0.2) is 37.2 Å². The molecule has 0 saturated carbocycles. The van der Waals surface area contributed by atoms with Crippen LogP contribution in [0.5, 0.6) is 0 Å². The lowest BCUT2D eigenvalue weighted by Gasteiger charge is -2.18. The monoisotopic (exact) mass is 881 g/mol. The van der Waals surface area contributed by atoms with E-state index in [0.717, 1.165) is 77.0 Å². The lowest BCUT2D eigenvalue weighted by molar-refractivity contribution is -0.167. The maximum atomic E-state index is 12.8. The zero-order valence-electron chi connectivity index (χ0n) is 41.6. The van der Waals surface area contributed by atoms with Crippen molar-refractivity contribution in [2.75, 3.05) is 13.2 Å². The van der Waals surface area contributed by atoms with Gasteiger partial charge in [0.15, 0.2) is 6.10 Å². The highest BCUT2D eigenvalue weighted by atomic mass is 16.6. The van der Waals surface area contributed by atoms with Gasteiger partial charge >= 0.3 is 17.9 Å². The van der Waals surface area contributed by atoms with E-state index in [1.807, 2.05) is 0 Å². The van der Waals surface area contributed by atoms with E-state index in [0.29, 0.717) is 19.3 Å². The molecule has 0 fully saturated rings. The highest BCUT2D eigenvalue weighted by Crippen LogP contribution is 2.15. The normalized spacial score (nSPS) is 12.5. The Kier molecular flexibility index (Phi) is 49.4. The lowest BCUT2D eigenvalue weighted by atomic mass is 10.0. The van der Waals surface area contributed by atoms with E-state index >= 15 is 0 Å². The van der Waals surface area contributed by atoms with Gasteiger partial charge in [-0.2, -0.15) is 0 Å². The van der Waals surface area contributed by atoms with Gasteiger partial charge in [-0.25, -0.2) is 0 Å². The minimum Gasteiger partial charge on any atom is -0.462 e. The first-order valence-electron chi connectivity index (χ1n) is 26.8. The van der Waals surface area contributed by atoms with E-state index in [1.54, 1.807) is 0 Å². The minimum atomic E-state index is -0.795. The number of rotatable bonds is 48. The van der Waals surface area contributed by atoms with Crippen molar-refractivity contribution in [3.63, 3.8) is 0 Å². The first-order chi connectivity index (χ1) is 31.0. The number of carbonyl (C=O) groups is 3. The Balaban J connectivity index is 4.41. The van der Waals surface area contributed by atoms with Crippen LogP contribution in [0.4, 0.5) is 0 Å². The second kappa shape index (κ2) is 51.7. The molecule has 0 aromatic carbocycles. The molecule has 0 aliphatic carbocycles. The molecule has 0 spiro atoms. The van der Waals surface area contributed by atoms with Crippen molar-refractivity contribution in [1.82, 2.24) is 0 Å². The maximum absolute atomic E-state index is 12.8. The Morgan fingerprint density at radius 3 is 1.02 bits per heavy atom. The van der Waals surface area contributed by atoms with Crippen LogP contribution in [-0.2, 0) is 28.6 Å². The Morgan fingerprint density at radius 1 is 0.333 bits per heavy atom. The summed E-state index contributed by atoms with van der Waals surface area (Å²) in [6.07, 6.45) is 63.5. The van der Waals surface area contributed by atoms with Crippen molar-refractivity contribution >= 4 is 17.9 Å². The van der Waals surface area contributed by atoms with Crippen molar-refractivity contribution < 1.29 is 28.6 Å². The largest absolute Gasteiger partial charge is 0.462 e. The Labute approximate surface area is 390 Å². The number of allylic oxidation sites excluding steroid dienone is 10. The van der Waals surface area contributed by atoms with Gasteiger partial charge < -0.3 is 14.2 Å². The number of esters is 3. The fourth-order valence-corrected chi connectivity index (χ4v) is 7.49. The first kappa shape index (κ1) is 60.1. The predicted octanol–water partition coefficient (Wildman–Crippen LogP) is 17.6. The molecule has 0 radical (unpaired) electrons. The average molecular weight is 881 g/mol. The summed E-state index contributed by atoms with van der Waals surface area (Å²) in [6, 6.07) is 0. The molecule has 0 bridgehead atoms. The first-order valence-corrected chi connectivity index (χ1v) is 26.8. The molecular formula is C57H100O6. The zero-order chi connectivity index (χ0) is 45.8. The fourth-order valence-electron chi connectivity index (χ4n) is 7.49. The van der Waals surface area contributed by atoms with Gasteiger partial charge in [-0.15, -0.1) is 0 Å². The molecule has 0 aromatic rings. The number of hydrogen-bond donors (Lipinski definition) is 0. The summed E-state index contributed by atoms with van der Waals surface area (Å²) in [5.74, 6) is -0.930. The molecule has 0 aromatic heterocycles. The van der Waals surface area contributed by atoms with Gasteiger partial charge in [-0.05, 0) is 83.5 Å². The summed E-state index contributed by atoms with van der Waals surface area (Å²) in [4.78, 5) is 38.0. The lowest BCUT2D eigenvalue weighted by Crippen LogP contribution is -2.30. The number of hydrogen-bond acceptors (Lipinski definition) is 6. The average Bonchev–Trinajstić information content (AvgIpc) is 3.28. The van der Waals surface area contributed by atoms with Gasteiger partial charge in [-0.1, -0.05) is 223 Å². The fraction of sp³-hybridized carbons (Fsp3) is 0.772. The molecule has 0 saturated heterocycles. The van der Waals surface area contributed by atoms with E-state index in [2.05, 4.69) is 81.5 Å². The molecular weight excluding hydrogens is 781 g/mol. The quantitative estimate of drug-likeness (QED) is 0.0262. The third kappa shape index (κ3) is 50.0. The van der Waals surface area contributed by atoms with Crippen LogP contribution in [0, 0.1) is 0 Å². The third-order valence-electron chi connectivity index (χ3n) is 11.5. The SMILES string of the molecule is CC/C=C\C/C=C\C/C=C\C/C=C\CCCCC(=O)OC(COC(=O)CCCCCCCCC/C=C\CCCCCCCCC)COC(=O)CCCCCCCCCCCCCC. The summed E-state index contributed by atoms with van der Waals surface area (Å²) >= 11 is 0. The van der Waals surface area contributed by atoms with Crippen molar-refractivity contribution in [2.24, 2.45) is 0 Å². The van der Waals surface area contributed by atoms with Crippen molar-refractivity contribution in [3.8, 4) is 0 Å². The van der Waals surface area contributed by atoms with Gasteiger partial charge in [0.1, 0.15) is 13.2 Å². The molecule has 0 heterocycles. The molecule has 0 aliphatic heterocycles. The van der Waals surface area contributed by atoms with Gasteiger partial charge in [0.25, 0.3) is 0 Å². The topological polar surface area (TPSA) is 78.9 Å². The number of carbonyl (C=O) groups excluding carboxylic acids is 3. The predicted molar refractivity (Wildman–Crippen MR) is 270 cm³/mol. The summed E-state index contributed by atoms with van der Waals surface area (Å²) < 4.78 is 16.8. The standard InChI is InChI=1S/C57H100O6/c1-4-7-10-13-16-19-22-25-27-28-29-31-32-35-38-41-44-47-50-56(59)62-53-54(52-61-55(58)49-46-43-40-37-34-24-21-18-15-12-9-6-3)63-57(60)51-48-45-42-39-36-33-30-26-23-20-17-14-11-8-5-2/h8,11,17,20,26-28,30,36,39,54H,4-7,9-10,12-16,18-19,21-25,29,31-35,37-38,40-53H2,1-3H3/b11-8-,20-17-,28-27-,30-26-,39-36-. The summed E-state index contributed by atoms with van der Waals surface area (Å²) in [5.41, 5.74) is 0. The molecule has 0 rings (SSSR count). The molecule has 0 N–H and O–H groups in total. The van der Waals surface area contributed by atoms with Crippen molar-refractivity contribution in [2.45, 2.75) is 271 Å². The second-order valence-corrected chi connectivity index (χ2v) is 17.8. The molecule has 0 aliphatic rings. The highest BCUT2D eigenvalue weighted by molar-refractivity contribution is 5.71. The Hall–Kier alpha value is -2.89. The van der Waals surface area contributed by atoms with Gasteiger partial charge in [-0.3, -0.25) is 14.4 Å². The van der Waals surface area contributed by atoms with E-state index in [-0.39, 0.29) is 37.5 Å². The van der Waals surface area contributed by atoms with Crippen molar-refractivity contribution in [3.05, 3.63) is 60.8 Å². The van der Waals surface area contributed by atoms with Crippen LogP contribution in [0.1, 0.15) is 265 Å². The van der Waals surface area contributed by atoms with Gasteiger partial charge in [0, 0.05) is 19.3 Å². The van der Waals surface area contributed by atoms with Gasteiger partial charge in [0.2, 0.25) is 0 Å². The van der Waals surface area contributed by atoms with Crippen molar-refractivity contribution in [1.29, 1.82) is 0 Å². The zero-order valence-corrected chi connectivity index (χ0v) is 41.6. The Bertz CT molecular complexity index is 1150. The van der Waals surface area contributed by atoms with E-state index in [1.165, 1.54) is 141 Å². The van der Waals surface area contributed by atoms with Gasteiger partial charge in [0.05, 0.1) is 0 Å². The smallest absolute Gasteiger partial charge is 0.306 e. The summed E-state index contributed by atoms with van der Waals surface area (Å²) in [6.45, 7) is 6.49. The number of ether oxygens (including phenoxy) is 3. The third-order valence-corrected chi connectivity index (χ3v) is 11.5. The maximum Gasteiger partial charge on any atom is 0.306 e. The molecule has 1 atom stereocenters. The molecule has 364 valence electrons.